The molecule has 0 unspecified atom stereocenters. The summed E-state index contributed by atoms with van der Waals surface area (Å²) in [6.07, 6.45) is 12.0. The van der Waals surface area contributed by atoms with Crippen LogP contribution in [0.1, 0.15) is 32.1 Å². The molecule has 0 aromatic heterocycles. The summed E-state index contributed by atoms with van der Waals surface area (Å²) in [5.74, 6) is 0. The molecular formula is C13H15N2. The van der Waals surface area contributed by atoms with Gasteiger partial charge in [-0.3, -0.25) is 9.98 Å². The molecule has 0 atom stereocenters. The highest BCUT2D eigenvalue weighted by molar-refractivity contribution is 6.05. The third-order valence-electron chi connectivity index (χ3n) is 3.63. The van der Waals surface area contributed by atoms with Gasteiger partial charge in [-0.15, -0.1) is 0 Å². The van der Waals surface area contributed by atoms with E-state index in [1.165, 1.54) is 48.9 Å². The molecule has 77 valence electrons. The van der Waals surface area contributed by atoms with E-state index in [0.29, 0.717) is 0 Å². The predicted octanol–water partition coefficient (Wildman–Crippen LogP) is 3.08. The smallest absolute Gasteiger partial charge is 0.0560 e. The summed E-state index contributed by atoms with van der Waals surface area (Å²) >= 11 is 0. The lowest BCUT2D eigenvalue weighted by Gasteiger charge is -2.33. The Labute approximate surface area is 90.5 Å². The summed E-state index contributed by atoms with van der Waals surface area (Å²) < 4.78 is 0. The van der Waals surface area contributed by atoms with Crippen LogP contribution in [-0.2, 0) is 0 Å². The van der Waals surface area contributed by atoms with Gasteiger partial charge in [-0.05, 0) is 19.8 Å². The van der Waals surface area contributed by atoms with Gasteiger partial charge in [0.25, 0.3) is 0 Å². The number of hydrogen-bond donors (Lipinski definition) is 0. The zero-order chi connectivity index (χ0) is 10.3. The van der Waals surface area contributed by atoms with E-state index in [1.807, 2.05) is 18.6 Å². The molecular weight excluding hydrogens is 184 g/mol. The molecule has 0 N–H and O–H groups in total. The van der Waals surface area contributed by atoms with Gasteiger partial charge in [-0.25, -0.2) is 0 Å². The first-order chi connectivity index (χ1) is 7.30. The van der Waals surface area contributed by atoms with Crippen LogP contribution < -0.4 is 0 Å². The Kier molecular flexibility index (Phi) is 1.91. The second kappa shape index (κ2) is 3.16. The lowest BCUT2D eigenvalue weighted by Crippen LogP contribution is -2.22. The van der Waals surface area contributed by atoms with Crippen LogP contribution in [0.2, 0.25) is 0 Å². The molecule has 0 bridgehead atoms. The van der Waals surface area contributed by atoms with Crippen LogP contribution in [-0.4, -0.2) is 12.4 Å². The molecule has 3 aliphatic rings. The quantitative estimate of drug-likeness (QED) is 0.620. The molecule has 0 aromatic rings. The van der Waals surface area contributed by atoms with Crippen LogP contribution in [0.3, 0.4) is 0 Å². The van der Waals surface area contributed by atoms with Crippen LogP contribution in [0.5, 0.6) is 0 Å². The highest BCUT2D eigenvalue weighted by Gasteiger charge is 2.35. The number of fused-ring (bicyclic) bond motifs is 1. The van der Waals surface area contributed by atoms with Gasteiger partial charge in [0.1, 0.15) is 0 Å². The Balaban J connectivity index is 2.00. The zero-order valence-electron chi connectivity index (χ0n) is 8.87. The fourth-order valence-electron chi connectivity index (χ4n) is 2.73. The minimum absolute atomic E-state index is 0.0516. The van der Waals surface area contributed by atoms with Crippen LogP contribution in [0.4, 0.5) is 0 Å². The summed E-state index contributed by atoms with van der Waals surface area (Å²) in [6.45, 7) is 4.41. The minimum atomic E-state index is 0.0516. The van der Waals surface area contributed by atoms with E-state index in [2.05, 4.69) is 16.9 Å². The zero-order valence-corrected chi connectivity index (χ0v) is 8.87. The minimum Gasteiger partial charge on any atom is -0.263 e. The lowest BCUT2D eigenvalue weighted by atomic mass is 9.72. The SMILES string of the molecule is [CH2]C1(C2=C3C=NC=C3C=N2)CCCCC1. The number of aliphatic imine (C=N–C) groups is 2. The predicted molar refractivity (Wildman–Crippen MR) is 63.0 cm³/mol. The van der Waals surface area contributed by atoms with E-state index in [-0.39, 0.29) is 5.41 Å². The maximum absolute atomic E-state index is 4.55. The molecule has 0 saturated heterocycles. The topological polar surface area (TPSA) is 24.7 Å². The van der Waals surface area contributed by atoms with Gasteiger partial charge in [0.15, 0.2) is 0 Å². The lowest BCUT2D eigenvalue weighted by molar-refractivity contribution is 0.302. The van der Waals surface area contributed by atoms with E-state index in [0.717, 1.165) is 0 Å². The largest absolute Gasteiger partial charge is 0.263 e. The summed E-state index contributed by atoms with van der Waals surface area (Å²) in [6, 6.07) is 0. The first-order valence-electron chi connectivity index (χ1n) is 5.67. The second-order valence-electron chi connectivity index (χ2n) is 4.72. The molecule has 0 spiro atoms. The number of allylic oxidation sites excluding steroid dienone is 3. The van der Waals surface area contributed by atoms with Crippen molar-refractivity contribution in [3.63, 3.8) is 0 Å². The van der Waals surface area contributed by atoms with Gasteiger partial charge in [0.2, 0.25) is 0 Å². The van der Waals surface area contributed by atoms with Crippen molar-refractivity contribution in [1.29, 1.82) is 0 Å². The van der Waals surface area contributed by atoms with Crippen molar-refractivity contribution in [3.8, 4) is 0 Å². The van der Waals surface area contributed by atoms with Crippen LogP contribution in [0.25, 0.3) is 0 Å². The average Bonchev–Trinajstić information content (AvgIpc) is 2.78. The molecule has 0 aromatic carbocycles. The van der Waals surface area contributed by atoms with E-state index in [9.17, 15) is 0 Å². The Morgan fingerprint density at radius 2 is 1.93 bits per heavy atom. The molecule has 1 aliphatic carbocycles. The van der Waals surface area contributed by atoms with Crippen molar-refractivity contribution < 1.29 is 0 Å². The Morgan fingerprint density at radius 1 is 1.13 bits per heavy atom. The molecule has 3 rings (SSSR count). The summed E-state index contributed by atoms with van der Waals surface area (Å²) in [5, 5.41) is 0. The molecule has 1 radical (unpaired) electrons. The molecule has 15 heavy (non-hydrogen) atoms. The summed E-state index contributed by atoms with van der Waals surface area (Å²) in [4.78, 5) is 8.73. The van der Waals surface area contributed by atoms with Crippen molar-refractivity contribution in [1.82, 2.24) is 0 Å². The van der Waals surface area contributed by atoms with Crippen LogP contribution in [0, 0.1) is 12.3 Å². The van der Waals surface area contributed by atoms with E-state index in [1.54, 1.807) is 0 Å². The fourth-order valence-corrected chi connectivity index (χ4v) is 2.73. The standard InChI is InChI=1S/C13H15N2/c1-13(5-3-2-4-6-13)12-11-9-14-7-10(11)8-15-12/h7-9H,1-6H2. The second-order valence-corrected chi connectivity index (χ2v) is 4.72. The molecule has 2 nitrogen and oxygen atoms in total. The van der Waals surface area contributed by atoms with Crippen molar-refractivity contribution in [3.05, 3.63) is 30.0 Å². The first kappa shape index (κ1) is 9.08. The average molecular weight is 199 g/mol. The van der Waals surface area contributed by atoms with Gasteiger partial charge in [-0.1, -0.05) is 19.3 Å². The molecule has 2 heterocycles. The summed E-state index contributed by atoms with van der Waals surface area (Å²) in [7, 11) is 0. The monoisotopic (exact) mass is 199 g/mol. The van der Waals surface area contributed by atoms with Gasteiger partial charge in [-0.2, -0.15) is 0 Å². The third-order valence-corrected chi connectivity index (χ3v) is 3.63. The maximum atomic E-state index is 4.55. The van der Waals surface area contributed by atoms with E-state index in [4.69, 9.17) is 0 Å². The third kappa shape index (κ3) is 1.31. The number of rotatable bonds is 1. The van der Waals surface area contributed by atoms with Crippen molar-refractivity contribution in [2.75, 3.05) is 0 Å². The van der Waals surface area contributed by atoms with Gasteiger partial charge in [0, 0.05) is 35.2 Å². The van der Waals surface area contributed by atoms with Crippen molar-refractivity contribution in [2.24, 2.45) is 15.4 Å². The number of hydrogen-bond acceptors (Lipinski definition) is 2. The van der Waals surface area contributed by atoms with Gasteiger partial charge in [0.05, 0.1) is 5.70 Å². The normalized spacial score (nSPS) is 27.1. The Hall–Kier alpha value is -1.18. The maximum Gasteiger partial charge on any atom is 0.0560 e. The Bertz CT molecular complexity index is 404. The molecule has 2 heteroatoms. The highest BCUT2D eigenvalue weighted by Crippen LogP contribution is 2.46. The molecule has 2 aliphatic heterocycles. The van der Waals surface area contributed by atoms with Crippen LogP contribution in [0.15, 0.2) is 33.0 Å². The van der Waals surface area contributed by atoms with E-state index < -0.39 is 0 Å². The van der Waals surface area contributed by atoms with Crippen molar-refractivity contribution >= 4 is 12.4 Å². The first-order valence-corrected chi connectivity index (χ1v) is 5.67. The molecule has 1 saturated carbocycles. The highest BCUT2D eigenvalue weighted by atomic mass is 14.8. The summed E-state index contributed by atoms with van der Waals surface area (Å²) in [5.41, 5.74) is 3.61. The molecule has 1 fully saturated rings. The fraction of sp³-hybridized carbons (Fsp3) is 0.462. The van der Waals surface area contributed by atoms with E-state index >= 15 is 0 Å². The Morgan fingerprint density at radius 3 is 2.73 bits per heavy atom. The van der Waals surface area contributed by atoms with Crippen molar-refractivity contribution in [2.45, 2.75) is 32.1 Å². The molecule has 0 amide bonds. The van der Waals surface area contributed by atoms with Crippen LogP contribution >= 0.6 is 0 Å². The number of nitrogens with zero attached hydrogens (tertiary/aromatic N) is 2. The van der Waals surface area contributed by atoms with Gasteiger partial charge < -0.3 is 0 Å². The van der Waals surface area contributed by atoms with Gasteiger partial charge >= 0.3 is 0 Å².